The molecule has 0 saturated carbocycles. The van der Waals surface area contributed by atoms with Crippen molar-refractivity contribution in [3.8, 4) is 11.5 Å². The highest BCUT2D eigenvalue weighted by Gasteiger charge is 2.56. The van der Waals surface area contributed by atoms with Gasteiger partial charge >= 0.3 is 14.9 Å². The maximum absolute atomic E-state index is 13.2. The molecule has 21 heteroatoms. The van der Waals surface area contributed by atoms with Gasteiger partial charge in [0.1, 0.15) is 41.7 Å². The summed E-state index contributed by atoms with van der Waals surface area (Å²) in [5, 5.41) is 0. The molecule has 3 aromatic heterocycles. The quantitative estimate of drug-likeness (QED) is 0.0521. The summed E-state index contributed by atoms with van der Waals surface area (Å²) in [5.41, 5.74) is 10.0. The van der Waals surface area contributed by atoms with E-state index in [0.717, 1.165) is 32.2 Å². The number of H-pyrrole nitrogens is 1. The van der Waals surface area contributed by atoms with Crippen molar-refractivity contribution in [2.75, 3.05) is 59.5 Å². The van der Waals surface area contributed by atoms with Crippen LogP contribution in [0.15, 0.2) is 127 Å². The Labute approximate surface area is 413 Å². The standard InChI is InChI=1S/C44H46BN8O10P.C6H15N/c1-51(2)43-49-40-37(41(54)50-43)48-27-53(40)42-39-38(36(61-42)25-60-64(55,56)52-21-20-47-26-52)62-45(63-39)35-22-28(10-11-29(35)23-46)24-59-44(30-8-6-5-7-9-30,31-12-16-33(57-3)17-13-31)32-14-18-34(58-4)19-15-32;1-4-7(5-2)6-3/h5-22,26-27,36,38-39,42H,23-25,46H2,1-4H3,(H,55,56)(H,49,50,54);4-6H2,1-3H3/t36-,38-,39-,42-;/m1./s1. The molecule has 5 heterocycles. The summed E-state index contributed by atoms with van der Waals surface area (Å²) in [4.78, 5) is 43.5. The fourth-order valence-electron chi connectivity index (χ4n) is 8.87. The van der Waals surface area contributed by atoms with Gasteiger partial charge < -0.3 is 48.7 Å². The average Bonchev–Trinajstić information content (AvgIpc) is 4.24. The minimum absolute atomic E-state index is 0.0925. The smallest absolute Gasteiger partial charge is 0.495 e. The van der Waals surface area contributed by atoms with Crippen LogP contribution >= 0.6 is 7.75 Å². The van der Waals surface area contributed by atoms with Crippen molar-refractivity contribution in [1.82, 2.24) is 33.7 Å². The third-order valence-corrected chi connectivity index (χ3v) is 14.1. The van der Waals surface area contributed by atoms with E-state index in [1.807, 2.05) is 97.1 Å². The number of nitrogens with zero attached hydrogens (tertiary/aromatic N) is 7. The predicted octanol–water partition coefficient (Wildman–Crippen LogP) is 5.46. The number of aromatic amines is 1. The van der Waals surface area contributed by atoms with Crippen LogP contribution in [0.4, 0.5) is 5.95 Å². The second-order valence-electron chi connectivity index (χ2n) is 17.1. The summed E-state index contributed by atoms with van der Waals surface area (Å²) >= 11 is 0. The molecule has 0 bridgehead atoms. The first-order chi connectivity index (χ1) is 34.4. The van der Waals surface area contributed by atoms with Gasteiger partial charge in [0.05, 0.1) is 33.8 Å². The van der Waals surface area contributed by atoms with Gasteiger partial charge in [-0.15, -0.1) is 0 Å². The average molecular weight is 990 g/mol. The first kappa shape index (κ1) is 51.2. The van der Waals surface area contributed by atoms with E-state index in [1.54, 1.807) is 37.8 Å². The van der Waals surface area contributed by atoms with Gasteiger partial charge in [-0.3, -0.25) is 18.9 Å². The van der Waals surface area contributed by atoms with Gasteiger partial charge in [-0.05, 0) is 77.2 Å². The van der Waals surface area contributed by atoms with Gasteiger partial charge in [0.15, 0.2) is 17.4 Å². The number of benzene rings is 4. The number of fused-ring (bicyclic) bond motifs is 2. The molecule has 0 spiro atoms. The summed E-state index contributed by atoms with van der Waals surface area (Å²) in [5.74, 6) is 1.72. The van der Waals surface area contributed by atoms with Crippen LogP contribution in [-0.4, -0.2) is 119 Å². The van der Waals surface area contributed by atoms with Gasteiger partial charge in [0.2, 0.25) is 5.95 Å². The summed E-state index contributed by atoms with van der Waals surface area (Å²) < 4.78 is 59.6. The van der Waals surface area contributed by atoms with Gasteiger partial charge in [-0.1, -0.05) is 93.6 Å². The molecule has 374 valence electrons. The zero-order valence-corrected chi connectivity index (χ0v) is 41.8. The van der Waals surface area contributed by atoms with Crippen LogP contribution < -0.4 is 31.1 Å². The minimum Gasteiger partial charge on any atom is -0.497 e. The Kier molecular flexibility index (Phi) is 16.2. The molecule has 5 atom stereocenters. The molecule has 19 nitrogen and oxygen atoms in total. The monoisotopic (exact) mass is 989 g/mol. The van der Waals surface area contributed by atoms with Crippen LogP contribution in [0, 0.1) is 0 Å². The molecule has 71 heavy (non-hydrogen) atoms. The number of hydrogen-bond donors (Lipinski definition) is 3. The van der Waals surface area contributed by atoms with Crippen LogP contribution in [-0.2, 0) is 46.6 Å². The number of ether oxygens (including phenoxy) is 4. The number of nitrogens with two attached hydrogens (primary N) is 1. The summed E-state index contributed by atoms with van der Waals surface area (Å²) in [6.07, 6.45) is 1.82. The van der Waals surface area contributed by atoms with Crippen molar-refractivity contribution < 1.29 is 42.2 Å². The normalized spacial score (nSPS) is 18.5. The Morgan fingerprint density at radius 2 is 1.51 bits per heavy atom. The molecule has 2 saturated heterocycles. The van der Waals surface area contributed by atoms with Gasteiger partial charge in [0, 0.05) is 33.0 Å². The van der Waals surface area contributed by atoms with Crippen molar-refractivity contribution in [1.29, 1.82) is 0 Å². The van der Waals surface area contributed by atoms with Gasteiger partial charge in [-0.2, -0.15) is 4.98 Å². The number of methoxy groups -OCH3 is 2. The van der Waals surface area contributed by atoms with Gasteiger partial charge in [-0.25, -0.2) is 18.9 Å². The SMILES string of the molecule is CCN(CC)CC.COc1ccc(C(OCc2ccc(CN)c(B3O[C@@H]4[C@H](O3)[C@@H](COP(=O)(O)n3ccnc3)O[C@H]4n3cnc4c(=O)[nH]c(N(C)C)nc43)c2)(c2ccccc2)c2ccc(OC)cc2)cc1. The Hall–Kier alpha value is -6.19. The van der Waals surface area contributed by atoms with Crippen LogP contribution in [0.3, 0.4) is 0 Å². The number of rotatable bonds is 19. The van der Waals surface area contributed by atoms with E-state index in [1.165, 1.54) is 44.7 Å². The molecule has 0 amide bonds. The lowest BCUT2D eigenvalue weighted by atomic mass is 9.75. The lowest BCUT2D eigenvalue weighted by Crippen LogP contribution is -2.39. The molecular formula is C50H61BN9O10P. The molecule has 0 aliphatic carbocycles. The van der Waals surface area contributed by atoms with E-state index < -0.39 is 50.6 Å². The third-order valence-electron chi connectivity index (χ3n) is 12.8. The topological polar surface area (TPSA) is 216 Å². The van der Waals surface area contributed by atoms with Crippen molar-refractivity contribution >= 4 is 37.4 Å². The van der Waals surface area contributed by atoms with Crippen LogP contribution in [0.5, 0.6) is 11.5 Å². The van der Waals surface area contributed by atoms with E-state index in [0.29, 0.717) is 22.9 Å². The molecule has 9 rings (SSSR count). The fourth-order valence-corrected chi connectivity index (χ4v) is 9.76. The first-order valence-corrected chi connectivity index (χ1v) is 25.0. The summed E-state index contributed by atoms with van der Waals surface area (Å²) in [6, 6.07) is 31.5. The summed E-state index contributed by atoms with van der Waals surface area (Å²) in [7, 11) is 1.42. The second-order valence-corrected chi connectivity index (χ2v) is 18.8. The van der Waals surface area contributed by atoms with Crippen molar-refractivity contribution in [2.45, 2.75) is 64.1 Å². The molecule has 2 fully saturated rings. The molecule has 2 aliphatic heterocycles. The summed E-state index contributed by atoms with van der Waals surface area (Å²) in [6.45, 7) is 10.1. The lowest BCUT2D eigenvalue weighted by Gasteiger charge is -2.36. The van der Waals surface area contributed by atoms with Crippen LogP contribution in [0.25, 0.3) is 11.2 Å². The largest absolute Gasteiger partial charge is 0.497 e. The van der Waals surface area contributed by atoms with Crippen LogP contribution in [0.2, 0.25) is 0 Å². The van der Waals surface area contributed by atoms with Crippen molar-refractivity contribution in [3.05, 3.63) is 160 Å². The number of hydrogen-bond acceptors (Lipinski definition) is 15. The molecule has 2 aliphatic rings. The number of aromatic nitrogens is 6. The number of anilines is 1. The highest BCUT2D eigenvalue weighted by Crippen LogP contribution is 2.47. The van der Waals surface area contributed by atoms with E-state index in [-0.39, 0.29) is 30.9 Å². The van der Waals surface area contributed by atoms with Gasteiger partial charge in [0.25, 0.3) is 5.56 Å². The zero-order chi connectivity index (χ0) is 50.3. The Bertz CT molecular complexity index is 2890. The third kappa shape index (κ3) is 10.7. The van der Waals surface area contributed by atoms with E-state index in [4.69, 9.17) is 38.5 Å². The minimum atomic E-state index is -4.37. The highest BCUT2D eigenvalue weighted by atomic mass is 31.2. The van der Waals surface area contributed by atoms with E-state index in [2.05, 4.69) is 45.6 Å². The first-order valence-electron chi connectivity index (χ1n) is 23.5. The maximum Gasteiger partial charge on any atom is 0.495 e. The molecule has 4 N–H and O–H groups in total. The van der Waals surface area contributed by atoms with E-state index >= 15 is 0 Å². The molecule has 7 aromatic rings. The molecular weight excluding hydrogens is 928 g/mol. The Balaban J connectivity index is 0.000000900. The predicted molar refractivity (Wildman–Crippen MR) is 270 cm³/mol. The lowest BCUT2D eigenvalue weighted by molar-refractivity contribution is -0.0545. The van der Waals surface area contributed by atoms with Crippen molar-refractivity contribution in [3.63, 3.8) is 0 Å². The maximum atomic E-state index is 13.2. The fraction of sp³-hybridized carbons (Fsp3) is 0.360. The number of nitrogens with one attached hydrogen (secondary N) is 1. The van der Waals surface area contributed by atoms with Crippen LogP contribution in [0.1, 0.15) is 54.8 Å². The highest BCUT2D eigenvalue weighted by molar-refractivity contribution is 7.51. The molecule has 1 unspecified atom stereocenters. The zero-order valence-electron chi connectivity index (χ0n) is 41.0. The van der Waals surface area contributed by atoms with Crippen molar-refractivity contribution in [2.24, 2.45) is 5.73 Å². The number of imidazole rings is 2. The second kappa shape index (κ2) is 22.5. The Morgan fingerprint density at radius 3 is 2.07 bits per heavy atom. The molecule has 0 radical (unpaired) electrons. The van der Waals surface area contributed by atoms with E-state index in [9.17, 15) is 14.3 Å². The Morgan fingerprint density at radius 1 is 0.873 bits per heavy atom. The molecule has 4 aromatic carbocycles.